The summed E-state index contributed by atoms with van der Waals surface area (Å²) in [4.78, 5) is 18.6. The molecule has 1 aliphatic rings. The maximum Gasteiger partial charge on any atom is 0.162 e. The highest BCUT2D eigenvalue weighted by Gasteiger charge is 2.27. The number of anilines is 1. The maximum absolute atomic E-state index is 14.8. The summed E-state index contributed by atoms with van der Waals surface area (Å²) >= 11 is 0. The van der Waals surface area contributed by atoms with Crippen molar-refractivity contribution in [2.24, 2.45) is 0 Å². The Bertz CT molecular complexity index is 1450. The van der Waals surface area contributed by atoms with Crippen LogP contribution < -0.4 is 4.90 Å². The van der Waals surface area contributed by atoms with Gasteiger partial charge in [-0.3, -0.25) is 9.88 Å². The lowest BCUT2D eigenvalue weighted by molar-refractivity contribution is 0.212. The Kier molecular flexibility index (Phi) is 6.87. The van der Waals surface area contributed by atoms with E-state index in [4.69, 9.17) is 9.97 Å². The molecule has 0 bridgehead atoms. The Hall–Kier alpha value is -4.42. The van der Waals surface area contributed by atoms with Crippen LogP contribution in [0.15, 0.2) is 116 Å². The van der Waals surface area contributed by atoms with Gasteiger partial charge in [-0.1, -0.05) is 72.8 Å². The lowest BCUT2D eigenvalue weighted by atomic mass is 9.96. The van der Waals surface area contributed by atoms with E-state index in [-0.39, 0.29) is 11.9 Å². The number of halogens is 1. The SMILES string of the molecule is Fc1ccccc1-c1cc(N2CCN(C(c3ccccc3)c3ccccc3)CC2)nc(-c2ccncc2)n1. The van der Waals surface area contributed by atoms with Crippen molar-refractivity contribution in [1.29, 1.82) is 0 Å². The molecule has 0 amide bonds. The minimum absolute atomic E-state index is 0.186. The zero-order valence-corrected chi connectivity index (χ0v) is 21.0. The molecule has 0 unspecified atom stereocenters. The molecule has 6 rings (SSSR count). The Morgan fingerprint density at radius 2 is 1.26 bits per heavy atom. The molecule has 38 heavy (non-hydrogen) atoms. The molecule has 5 nitrogen and oxygen atoms in total. The van der Waals surface area contributed by atoms with Crippen LogP contribution in [0.25, 0.3) is 22.6 Å². The second-order valence-electron chi connectivity index (χ2n) is 9.40. The molecule has 1 aliphatic heterocycles. The van der Waals surface area contributed by atoms with Crippen LogP contribution in [-0.4, -0.2) is 46.0 Å². The summed E-state index contributed by atoms with van der Waals surface area (Å²) in [6.45, 7) is 3.36. The molecule has 0 atom stereocenters. The molecule has 188 valence electrons. The van der Waals surface area contributed by atoms with Crippen LogP contribution in [0.3, 0.4) is 0 Å². The zero-order valence-electron chi connectivity index (χ0n) is 21.0. The molecular formula is C32H28FN5. The van der Waals surface area contributed by atoms with Crippen LogP contribution in [0.2, 0.25) is 0 Å². The summed E-state index contributed by atoms with van der Waals surface area (Å²) in [5.41, 5.74) is 4.48. The zero-order chi connectivity index (χ0) is 25.7. The van der Waals surface area contributed by atoms with E-state index in [9.17, 15) is 4.39 Å². The third-order valence-corrected chi connectivity index (χ3v) is 7.03. The molecule has 6 heteroatoms. The fourth-order valence-corrected chi connectivity index (χ4v) is 5.13. The van der Waals surface area contributed by atoms with Gasteiger partial charge in [0.15, 0.2) is 5.82 Å². The largest absolute Gasteiger partial charge is 0.354 e. The second kappa shape index (κ2) is 10.9. The molecule has 1 fully saturated rings. The lowest BCUT2D eigenvalue weighted by Gasteiger charge is -2.40. The average molecular weight is 502 g/mol. The quantitative estimate of drug-likeness (QED) is 0.275. The number of pyridine rings is 1. The van der Waals surface area contributed by atoms with E-state index < -0.39 is 0 Å². The first-order chi connectivity index (χ1) is 18.8. The number of hydrogen-bond donors (Lipinski definition) is 0. The molecule has 3 aromatic carbocycles. The Morgan fingerprint density at radius 1 is 0.658 bits per heavy atom. The summed E-state index contributed by atoms with van der Waals surface area (Å²) in [5.74, 6) is 1.08. The fourth-order valence-electron chi connectivity index (χ4n) is 5.13. The normalized spacial score (nSPS) is 14.1. The van der Waals surface area contributed by atoms with Crippen LogP contribution in [0.5, 0.6) is 0 Å². The lowest BCUT2D eigenvalue weighted by Crippen LogP contribution is -2.48. The van der Waals surface area contributed by atoms with Crippen LogP contribution in [0, 0.1) is 5.82 Å². The van der Waals surface area contributed by atoms with Gasteiger partial charge in [-0.2, -0.15) is 0 Å². The molecule has 0 spiro atoms. The molecule has 2 aromatic heterocycles. The van der Waals surface area contributed by atoms with E-state index in [1.807, 2.05) is 24.3 Å². The van der Waals surface area contributed by atoms with Crippen molar-refractivity contribution >= 4 is 5.82 Å². The van der Waals surface area contributed by atoms with Gasteiger partial charge in [0.05, 0.1) is 11.7 Å². The third kappa shape index (κ3) is 5.04. The minimum atomic E-state index is -0.295. The molecule has 3 heterocycles. The number of rotatable bonds is 6. The Morgan fingerprint density at radius 3 is 1.89 bits per heavy atom. The highest BCUT2D eigenvalue weighted by Crippen LogP contribution is 2.32. The molecule has 0 aliphatic carbocycles. The Balaban J connectivity index is 1.31. The van der Waals surface area contributed by atoms with Gasteiger partial charge in [0, 0.05) is 55.8 Å². The van der Waals surface area contributed by atoms with E-state index in [0.29, 0.717) is 17.1 Å². The van der Waals surface area contributed by atoms with Crippen molar-refractivity contribution < 1.29 is 4.39 Å². The van der Waals surface area contributed by atoms with Crippen LogP contribution >= 0.6 is 0 Å². The van der Waals surface area contributed by atoms with Crippen molar-refractivity contribution in [2.45, 2.75) is 6.04 Å². The summed E-state index contributed by atoms with van der Waals surface area (Å²) in [5, 5.41) is 0. The molecule has 0 radical (unpaired) electrons. The average Bonchev–Trinajstić information content (AvgIpc) is 2.99. The smallest absolute Gasteiger partial charge is 0.162 e. The monoisotopic (exact) mass is 501 g/mol. The van der Waals surface area contributed by atoms with Crippen LogP contribution in [-0.2, 0) is 0 Å². The number of piperazine rings is 1. The summed E-state index contributed by atoms with van der Waals surface area (Å²) in [6, 6.07) is 34.0. The van der Waals surface area contributed by atoms with Crippen molar-refractivity contribution in [3.05, 3.63) is 132 Å². The van der Waals surface area contributed by atoms with Gasteiger partial charge >= 0.3 is 0 Å². The summed E-state index contributed by atoms with van der Waals surface area (Å²) in [7, 11) is 0. The first-order valence-corrected chi connectivity index (χ1v) is 12.9. The van der Waals surface area contributed by atoms with Crippen LogP contribution in [0.4, 0.5) is 10.2 Å². The first kappa shape index (κ1) is 23.9. The van der Waals surface area contributed by atoms with Gasteiger partial charge in [-0.25, -0.2) is 14.4 Å². The van der Waals surface area contributed by atoms with Gasteiger partial charge in [0.1, 0.15) is 11.6 Å². The van der Waals surface area contributed by atoms with Gasteiger partial charge in [-0.15, -0.1) is 0 Å². The predicted molar refractivity (Wildman–Crippen MR) is 149 cm³/mol. The van der Waals surface area contributed by atoms with Crippen LogP contribution in [0.1, 0.15) is 17.2 Å². The van der Waals surface area contributed by atoms with Crippen molar-refractivity contribution in [1.82, 2.24) is 19.9 Å². The molecule has 5 aromatic rings. The second-order valence-corrected chi connectivity index (χ2v) is 9.40. The van der Waals surface area contributed by atoms with Gasteiger partial charge < -0.3 is 4.90 Å². The number of nitrogens with zero attached hydrogens (tertiary/aromatic N) is 5. The summed E-state index contributed by atoms with van der Waals surface area (Å²) in [6.07, 6.45) is 3.44. The minimum Gasteiger partial charge on any atom is -0.354 e. The van der Waals surface area contributed by atoms with E-state index in [0.717, 1.165) is 37.6 Å². The third-order valence-electron chi connectivity index (χ3n) is 7.03. The topological polar surface area (TPSA) is 45.2 Å². The number of hydrogen-bond acceptors (Lipinski definition) is 5. The van der Waals surface area contributed by atoms with Crippen molar-refractivity contribution in [3.8, 4) is 22.6 Å². The molecule has 0 saturated carbocycles. The van der Waals surface area contributed by atoms with E-state index >= 15 is 0 Å². The highest BCUT2D eigenvalue weighted by molar-refractivity contribution is 5.68. The highest BCUT2D eigenvalue weighted by atomic mass is 19.1. The molecule has 0 N–H and O–H groups in total. The van der Waals surface area contributed by atoms with Crippen molar-refractivity contribution in [2.75, 3.05) is 31.1 Å². The molecular weight excluding hydrogens is 473 g/mol. The maximum atomic E-state index is 14.8. The van der Waals surface area contributed by atoms with E-state index in [1.165, 1.54) is 17.2 Å². The molecule has 1 saturated heterocycles. The van der Waals surface area contributed by atoms with Crippen molar-refractivity contribution in [3.63, 3.8) is 0 Å². The number of benzene rings is 3. The predicted octanol–water partition coefficient (Wildman–Crippen LogP) is 6.26. The van der Waals surface area contributed by atoms with Gasteiger partial charge in [0.25, 0.3) is 0 Å². The fraction of sp³-hybridized carbons (Fsp3) is 0.156. The van der Waals surface area contributed by atoms with Gasteiger partial charge in [0.2, 0.25) is 0 Å². The standard InChI is InChI=1S/C32H28FN5/c33-28-14-8-7-13-27(28)29-23-30(36-32(35-29)26-15-17-34-18-16-26)37-19-21-38(22-20-37)31(24-9-3-1-4-10-24)25-11-5-2-6-12-25/h1-18,23,31H,19-22H2. The van der Waals surface area contributed by atoms with E-state index in [1.54, 1.807) is 24.5 Å². The number of aromatic nitrogens is 3. The first-order valence-electron chi connectivity index (χ1n) is 12.9. The summed E-state index contributed by atoms with van der Waals surface area (Å²) < 4.78 is 14.8. The van der Waals surface area contributed by atoms with Gasteiger partial charge in [-0.05, 0) is 35.4 Å². The van der Waals surface area contributed by atoms with E-state index in [2.05, 4.69) is 75.4 Å². The Labute approximate surface area is 222 Å².